The van der Waals surface area contributed by atoms with Gasteiger partial charge in [-0.3, -0.25) is 0 Å². The van der Waals surface area contributed by atoms with Crippen LogP contribution in [0.15, 0.2) is 18.2 Å². The van der Waals surface area contributed by atoms with Gasteiger partial charge in [0.2, 0.25) is 0 Å². The van der Waals surface area contributed by atoms with Crippen LogP contribution in [-0.2, 0) is 6.54 Å². The average molecular weight is 285 g/mol. The molecule has 21 heavy (non-hydrogen) atoms. The highest BCUT2D eigenvalue weighted by Gasteiger charge is 2.41. The summed E-state index contributed by atoms with van der Waals surface area (Å²) in [5, 5.41) is 10.1. The van der Waals surface area contributed by atoms with E-state index in [4.69, 9.17) is 5.73 Å². The van der Waals surface area contributed by atoms with Crippen LogP contribution in [0.25, 0.3) is 11.0 Å². The highest BCUT2D eigenvalue weighted by Crippen LogP contribution is 2.50. The fourth-order valence-corrected chi connectivity index (χ4v) is 3.62. The molecule has 1 aromatic heterocycles. The van der Waals surface area contributed by atoms with Crippen LogP contribution in [0.5, 0.6) is 0 Å². The highest BCUT2D eigenvalue weighted by atomic mass is 16.3. The number of imidazole rings is 1. The minimum atomic E-state index is -0.544. The molecule has 3 N–H and O–H groups in total. The van der Waals surface area contributed by atoms with Crippen LogP contribution in [0.4, 0.5) is 5.69 Å². The van der Waals surface area contributed by atoms with Gasteiger partial charge in [-0.2, -0.15) is 0 Å². The van der Waals surface area contributed by atoms with Crippen molar-refractivity contribution in [2.45, 2.75) is 45.3 Å². The molecule has 4 rings (SSSR count). The largest absolute Gasteiger partial charge is 0.399 e. The minimum Gasteiger partial charge on any atom is -0.399 e. The predicted octanol–water partition coefficient (Wildman–Crippen LogP) is 3.11. The van der Waals surface area contributed by atoms with Crippen molar-refractivity contribution in [3.05, 3.63) is 24.0 Å². The average Bonchev–Trinajstić information content (AvgIpc) is 3.33. The number of rotatable bonds is 5. The summed E-state index contributed by atoms with van der Waals surface area (Å²) >= 11 is 0. The number of fused-ring (bicyclic) bond motifs is 1. The molecule has 1 heterocycles. The molecular weight excluding hydrogens is 262 g/mol. The summed E-state index contributed by atoms with van der Waals surface area (Å²) in [5.41, 5.74) is 8.59. The van der Waals surface area contributed by atoms with Crippen molar-refractivity contribution in [3.63, 3.8) is 0 Å². The van der Waals surface area contributed by atoms with Crippen molar-refractivity contribution in [1.29, 1.82) is 0 Å². The lowest BCUT2D eigenvalue weighted by atomic mass is 9.97. The van der Waals surface area contributed by atoms with Crippen LogP contribution in [-0.4, -0.2) is 14.7 Å². The molecule has 1 unspecified atom stereocenters. The van der Waals surface area contributed by atoms with E-state index in [1.54, 1.807) is 6.92 Å². The molecule has 2 aromatic rings. The van der Waals surface area contributed by atoms with E-state index in [1.807, 2.05) is 18.2 Å². The molecule has 0 spiro atoms. The van der Waals surface area contributed by atoms with Gasteiger partial charge in [0.15, 0.2) is 0 Å². The summed E-state index contributed by atoms with van der Waals surface area (Å²) in [6, 6.07) is 5.87. The Bertz CT molecular complexity index is 656. The van der Waals surface area contributed by atoms with E-state index in [9.17, 15) is 5.11 Å². The lowest BCUT2D eigenvalue weighted by Gasteiger charge is -2.19. The highest BCUT2D eigenvalue weighted by molar-refractivity contribution is 5.79. The van der Waals surface area contributed by atoms with Gasteiger partial charge in [0.25, 0.3) is 0 Å². The van der Waals surface area contributed by atoms with E-state index < -0.39 is 6.10 Å². The number of aliphatic hydroxyl groups is 1. The minimum absolute atomic E-state index is 0.544. The number of nitrogen functional groups attached to an aromatic ring is 1. The lowest BCUT2D eigenvalue weighted by molar-refractivity contribution is 0.181. The van der Waals surface area contributed by atoms with Crippen molar-refractivity contribution in [3.8, 4) is 0 Å². The number of hydrogen-bond acceptors (Lipinski definition) is 3. The van der Waals surface area contributed by atoms with Gasteiger partial charge in [-0.05, 0) is 68.6 Å². The number of aliphatic hydroxyl groups excluding tert-OH is 1. The summed E-state index contributed by atoms with van der Waals surface area (Å²) in [7, 11) is 0. The summed E-state index contributed by atoms with van der Waals surface area (Å²) in [6.45, 7) is 2.79. The first-order valence-corrected chi connectivity index (χ1v) is 8.07. The van der Waals surface area contributed by atoms with Crippen LogP contribution < -0.4 is 5.73 Å². The third kappa shape index (κ3) is 2.42. The first-order chi connectivity index (χ1) is 10.1. The molecule has 4 nitrogen and oxygen atoms in total. The van der Waals surface area contributed by atoms with Crippen LogP contribution in [0.1, 0.15) is 44.5 Å². The van der Waals surface area contributed by atoms with E-state index in [0.717, 1.165) is 46.8 Å². The number of benzene rings is 1. The van der Waals surface area contributed by atoms with Gasteiger partial charge in [-0.25, -0.2) is 4.98 Å². The number of nitrogens with two attached hydrogens (primary N) is 1. The zero-order valence-electron chi connectivity index (χ0n) is 12.5. The molecule has 0 saturated heterocycles. The molecule has 1 atom stereocenters. The van der Waals surface area contributed by atoms with Crippen molar-refractivity contribution < 1.29 is 5.11 Å². The Morgan fingerprint density at radius 3 is 2.52 bits per heavy atom. The second kappa shape index (κ2) is 4.73. The fourth-order valence-electron chi connectivity index (χ4n) is 3.62. The molecule has 0 amide bonds. The van der Waals surface area contributed by atoms with E-state index in [-0.39, 0.29) is 0 Å². The van der Waals surface area contributed by atoms with Crippen molar-refractivity contribution >= 4 is 16.7 Å². The standard InChI is InChI=1S/C17H23N3O/c1-10(21)17-19-15-8-13(18)6-7-16(15)20(17)9-14(11-2-3-11)12-4-5-12/h6-8,10-12,14,21H,2-5,9,18H2,1H3. The Morgan fingerprint density at radius 1 is 1.29 bits per heavy atom. The maximum Gasteiger partial charge on any atom is 0.138 e. The second-order valence-corrected chi connectivity index (χ2v) is 6.84. The summed E-state index contributed by atoms with van der Waals surface area (Å²) in [5.74, 6) is 3.33. The Labute approximate surface area is 125 Å². The molecule has 2 saturated carbocycles. The molecule has 2 aliphatic carbocycles. The molecule has 2 aliphatic rings. The van der Waals surface area contributed by atoms with Gasteiger partial charge in [-0.15, -0.1) is 0 Å². The topological polar surface area (TPSA) is 64.1 Å². The maximum atomic E-state index is 10.1. The molecule has 0 bridgehead atoms. The van der Waals surface area contributed by atoms with Crippen LogP contribution in [0, 0.1) is 17.8 Å². The third-order valence-electron chi connectivity index (χ3n) is 5.02. The molecule has 2 fully saturated rings. The SMILES string of the molecule is CC(O)c1nc2cc(N)ccc2n1CC(C1CC1)C1CC1. The summed E-state index contributed by atoms with van der Waals surface area (Å²) in [6.07, 6.45) is 4.98. The Kier molecular flexibility index (Phi) is 2.96. The van der Waals surface area contributed by atoms with Gasteiger partial charge in [0.05, 0.1) is 11.0 Å². The normalized spacial score (nSPS) is 20.3. The summed E-state index contributed by atoms with van der Waals surface area (Å²) in [4.78, 5) is 4.62. The van der Waals surface area contributed by atoms with Crippen LogP contribution in [0.2, 0.25) is 0 Å². The van der Waals surface area contributed by atoms with E-state index in [2.05, 4.69) is 9.55 Å². The summed E-state index contributed by atoms with van der Waals surface area (Å²) < 4.78 is 2.24. The first-order valence-electron chi connectivity index (χ1n) is 8.07. The Balaban J connectivity index is 1.75. The fraction of sp³-hybridized carbons (Fsp3) is 0.588. The number of anilines is 1. The first kappa shape index (κ1) is 13.1. The number of nitrogens with zero attached hydrogens (tertiary/aromatic N) is 2. The van der Waals surface area contributed by atoms with Crippen molar-refractivity contribution in [1.82, 2.24) is 9.55 Å². The molecular formula is C17H23N3O. The van der Waals surface area contributed by atoms with Crippen molar-refractivity contribution in [2.75, 3.05) is 5.73 Å². The molecule has 0 radical (unpaired) electrons. The quantitative estimate of drug-likeness (QED) is 0.830. The smallest absolute Gasteiger partial charge is 0.138 e. The Hall–Kier alpha value is -1.55. The predicted molar refractivity (Wildman–Crippen MR) is 83.7 cm³/mol. The van der Waals surface area contributed by atoms with Crippen molar-refractivity contribution in [2.24, 2.45) is 17.8 Å². The Morgan fingerprint density at radius 2 is 1.95 bits per heavy atom. The molecule has 0 aliphatic heterocycles. The number of hydrogen-bond donors (Lipinski definition) is 2. The van der Waals surface area contributed by atoms with Crippen LogP contribution >= 0.6 is 0 Å². The molecule has 4 heteroatoms. The van der Waals surface area contributed by atoms with E-state index in [1.165, 1.54) is 25.7 Å². The second-order valence-electron chi connectivity index (χ2n) is 6.84. The van der Waals surface area contributed by atoms with E-state index >= 15 is 0 Å². The zero-order valence-corrected chi connectivity index (χ0v) is 12.5. The van der Waals surface area contributed by atoms with Gasteiger partial charge in [0, 0.05) is 12.2 Å². The maximum absolute atomic E-state index is 10.1. The molecule has 1 aromatic carbocycles. The molecule has 112 valence electrons. The lowest BCUT2D eigenvalue weighted by Crippen LogP contribution is -2.17. The van der Waals surface area contributed by atoms with Gasteiger partial charge in [0.1, 0.15) is 11.9 Å². The van der Waals surface area contributed by atoms with E-state index in [0.29, 0.717) is 0 Å². The van der Waals surface area contributed by atoms with Gasteiger partial charge < -0.3 is 15.4 Å². The zero-order chi connectivity index (χ0) is 14.6. The third-order valence-corrected chi connectivity index (χ3v) is 5.02. The monoisotopic (exact) mass is 285 g/mol. The van der Waals surface area contributed by atoms with Gasteiger partial charge >= 0.3 is 0 Å². The van der Waals surface area contributed by atoms with Gasteiger partial charge in [-0.1, -0.05) is 0 Å². The number of aromatic nitrogens is 2. The van der Waals surface area contributed by atoms with Crippen LogP contribution in [0.3, 0.4) is 0 Å².